The van der Waals surface area contributed by atoms with Gasteiger partial charge in [-0.2, -0.15) is 0 Å². The second-order valence-corrected chi connectivity index (χ2v) is 12.4. The molecule has 1 heterocycles. The summed E-state index contributed by atoms with van der Waals surface area (Å²) in [6.45, 7) is 14.0. The van der Waals surface area contributed by atoms with Crippen LogP contribution in [0, 0.1) is 11.5 Å². The molecule has 0 saturated carbocycles. The van der Waals surface area contributed by atoms with Gasteiger partial charge in [-0.3, -0.25) is 0 Å². The summed E-state index contributed by atoms with van der Waals surface area (Å²) in [6.07, 6.45) is 1.84. The molecule has 0 atom stereocenters. The maximum Gasteiger partial charge on any atom is 0.146 e. The van der Waals surface area contributed by atoms with E-state index in [0.717, 1.165) is 10.2 Å². The Balaban J connectivity index is 3.19. The predicted octanol–water partition coefficient (Wildman–Crippen LogP) is 5.41. The van der Waals surface area contributed by atoms with Gasteiger partial charge in [0.05, 0.1) is 0 Å². The molecule has 3 heteroatoms. The lowest BCUT2D eigenvalue weighted by molar-refractivity contribution is 0.838. The number of rotatable bonds is 3. The highest BCUT2D eigenvalue weighted by atomic mass is 79.9. The van der Waals surface area contributed by atoms with Crippen LogP contribution in [0.25, 0.3) is 0 Å². The Morgan fingerprint density at radius 3 is 1.89 bits per heavy atom. The van der Waals surface area contributed by atoms with Crippen molar-refractivity contribution in [2.75, 3.05) is 0 Å². The Kier molecular flexibility index (Phi) is 5.82. The molecule has 104 valence electrons. The highest BCUT2D eigenvalue weighted by Crippen LogP contribution is 2.40. The van der Waals surface area contributed by atoms with Crippen LogP contribution in [0.2, 0.25) is 16.6 Å². The lowest BCUT2D eigenvalue weighted by Crippen LogP contribution is -2.43. The van der Waals surface area contributed by atoms with Crippen molar-refractivity contribution in [2.45, 2.75) is 58.2 Å². The lowest BCUT2D eigenvalue weighted by Gasteiger charge is -2.38. The molecule has 0 N–H and O–H groups in total. The van der Waals surface area contributed by atoms with E-state index in [2.05, 4.69) is 73.9 Å². The molecule has 1 aromatic heterocycles. The largest absolute Gasteiger partial charge is 0.248 e. The first-order valence-corrected chi connectivity index (χ1v) is 9.98. The standard InChI is InChI=1S/C16H24BrNSi/c1-12(2)19(13(3)4,14(5)6)10-9-15-7-8-16(17)18-11-15/h7-8,11-14H,1-6H3. The molecule has 0 aromatic carbocycles. The average Bonchev–Trinajstić information content (AvgIpc) is 2.30. The van der Waals surface area contributed by atoms with Gasteiger partial charge in [-0.1, -0.05) is 47.5 Å². The van der Waals surface area contributed by atoms with Crippen molar-refractivity contribution in [1.29, 1.82) is 0 Å². The third-order valence-corrected chi connectivity index (χ3v) is 10.8. The molecule has 0 saturated heterocycles. The topological polar surface area (TPSA) is 12.9 Å². The van der Waals surface area contributed by atoms with E-state index in [1.54, 1.807) is 0 Å². The molecule has 0 aliphatic heterocycles. The fraction of sp³-hybridized carbons (Fsp3) is 0.562. The summed E-state index contributed by atoms with van der Waals surface area (Å²) in [4.78, 5) is 4.24. The van der Waals surface area contributed by atoms with Crippen molar-refractivity contribution >= 4 is 24.0 Å². The van der Waals surface area contributed by atoms with E-state index in [1.807, 2.05) is 18.3 Å². The van der Waals surface area contributed by atoms with Gasteiger partial charge in [-0.25, -0.2) is 4.98 Å². The number of hydrogen-bond donors (Lipinski definition) is 0. The molecule has 0 unspecified atom stereocenters. The fourth-order valence-electron chi connectivity index (χ4n) is 3.06. The second-order valence-electron chi connectivity index (χ2n) is 6.02. The van der Waals surface area contributed by atoms with Crippen LogP contribution in [-0.4, -0.2) is 13.1 Å². The zero-order valence-corrected chi connectivity index (χ0v) is 15.4. The van der Waals surface area contributed by atoms with Crippen molar-refractivity contribution in [3.8, 4) is 11.5 Å². The minimum absolute atomic E-state index is 0.670. The minimum atomic E-state index is -1.62. The van der Waals surface area contributed by atoms with E-state index in [4.69, 9.17) is 0 Å². The quantitative estimate of drug-likeness (QED) is 0.408. The third kappa shape index (κ3) is 3.70. The van der Waals surface area contributed by atoms with Crippen LogP contribution >= 0.6 is 15.9 Å². The molecule has 1 rings (SSSR count). The molecule has 1 aromatic rings. The van der Waals surface area contributed by atoms with Gasteiger partial charge in [-0.15, -0.1) is 5.54 Å². The summed E-state index contributed by atoms with van der Waals surface area (Å²) >= 11 is 3.36. The van der Waals surface area contributed by atoms with E-state index < -0.39 is 8.07 Å². The smallest absolute Gasteiger partial charge is 0.146 e. The van der Waals surface area contributed by atoms with Crippen molar-refractivity contribution in [3.05, 3.63) is 28.5 Å². The summed E-state index contributed by atoms with van der Waals surface area (Å²) in [5, 5.41) is 0. The van der Waals surface area contributed by atoms with Crippen LogP contribution in [0.5, 0.6) is 0 Å². The van der Waals surface area contributed by atoms with Gasteiger partial charge in [0.25, 0.3) is 0 Å². The Hall–Kier alpha value is -0.593. The highest BCUT2D eigenvalue weighted by Gasteiger charge is 2.41. The predicted molar refractivity (Wildman–Crippen MR) is 89.9 cm³/mol. The first-order chi connectivity index (χ1) is 8.80. The molecule has 0 aliphatic rings. The van der Waals surface area contributed by atoms with Crippen LogP contribution in [-0.2, 0) is 0 Å². The van der Waals surface area contributed by atoms with Gasteiger partial charge in [0.2, 0.25) is 0 Å². The molecule has 0 fully saturated rings. The number of aromatic nitrogens is 1. The monoisotopic (exact) mass is 337 g/mol. The summed E-state index contributed by atoms with van der Waals surface area (Å²) in [6, 6.07) is 3.98. The number of pyridine rings is 1. The Morgan fingerprint density at radius 2 is 1.53 bits per heavy atom. The van der Waals surface area contributed by atoms with Gasteiger partial charge < -0.3 is 0 Å². The maximum absolute atomic E-state index is 4.24. The Labute approximate surface area is 127 Å². The average molecular weight is 338 g/mol. The van der Waals surface area contributed by atoms with Crippen LogP contribution < -0.4 is 0 Å². The number of halogens is 1. The van der Waals surface area contributed by atoms with E-state index in [0.29, 0.717) is 16.6 Å². The van der Waals surface area contributed by atoms with Crippen LogP contribution in [0.4, 0.5) is 0 Å². The fourth-order valence-corrected chi connectivity index (χ4v) is 8.52. The minimum Gasteiger partial charge on any atom is -0.248 e. The summed E-state index contributed by atoms with van der Waals surface area (Å²) in [7, 11) is -1.62. The summed E-state index contributed by atoms with van der Waals surface area (Å²) < 4.78 is 0.859. The summed E-state index contributed by atoms with van der Waals surface area (Å²) in [5.41, 5.74) is 6.73. The SMILES string of the molecule is CC(C)[Si](C#Cc1ccc(Br)nc1)(C(C)C)C(C)C. The van der Waals surface area contributed by atoms with Gasteiger partial charge in [0, 0.05) is 11.8 Å². The molecule has 0 amide bonds. The van der Waals surface area contributed by atoms with Gasteiger partial charge >= 0.3 is 0 Å². The molecular formula is C16H24BrNSi. The van der Waals surface area contributed by atoms with Crippen molar-refractivity contribution in [3.63, 3.8) is 0 Å². The molecule has 0 spiro atoms. The molecule has 0 bridgehead atoms. The second kappa shape index (κ2) is 6.72. The molecule has 0 radical (unpaired) electrons. The van der Waals surface area contributed by atoms with Crippen LogP contribution in [0.1, 0.15) is 47.1 Å². The maximum atomic E-state index is 4.24. The van der Waals surface area contributed by atoms with E-state index in [9.17, 15) is 0 Å². The Bertz CT molecular complexity index is 444. The zero-order chi connectivity index (χ0) is 14.6. The highest BCUT2D eigenvalue weighted by molar-refractivity contribution is 9.10. The van der Waals surface area contributed by atoms with E-state index in [-0.39, 0.29) is 0 Å². The number of hydrogen-bond acceptors (Lipinski definition) is 1. The van der Waals surface area contributed by atoms with Crippen LogP contribution in [0.15, 0.2) is 22.9 Å². The van der Waals surface area contributed by atoms with Crippen molar-refractivity contribution in [1.82, 2.24) is 4.98 Å². The number of nitrogens with zero attached hydrogens (tertiary/aromatic N) is 1. The van der Waals surface area contributed by atoms with Gasteiger partial charge in [0.1, 0.15) is 12.7 Å². The first-order valence-electron chi connectivity index (χ1n) is 6.95. The normalized spacial score (nSPS) is 11.9. The van der Waals surface area contributed by atoms with Crippen LogP contribution in [0.3, 0.4) is 0 Å². The van der Waals surface area contributed by atoms with E-state index >= 15 is 0 Å². The Morgan fingerprint density at radius 1 is 1.00 bits per heavy atom. The molecule has 0 aliphatic carbocycles. The molecule has 1 nitrogen and oxygen atoms in total. The van der Waals surface area contributed by atoms with Crippen molar-refractivity contribution < 1.29 is 0 Å². The first kappa shape index (κ1) is 16.5. The summed E-state index contributed by atoms with van der Waals surface area (Å²) in [5.74, 6) is 3.39. The molecule has 19 heavy (non-hydrogen) atoms. The lowest BCUT2D eigenvalue weighted by atomic mass is 10.3. The van der Waals surface area contributed by atoms with Gasteiger partial charge in [0.15, 0.2) is 0 Å². The van der Waals surface area contributed by atoms with E-state index in [1.165, 1.54) is 0 Å². The third-order valence-electron chi connectivity index (χ3n) is 4.02. The molecular weight excluding hydrogens is 314 g/mol. The zero-order valence-electron chi connectivity index (χ0n) is 12.8. The van der Waals surface area contributed by atoms with Crippen molar-refractivity contribution in [2.24, 2.45) is 0 Å². The van der Waals surface area contributed by atoms with Gasteiger partial charge in [-0.05, 0) is 44.7 Å².